The van der Waals surface area contributed by atoms with E-state index in [0.717, 1.165) is 37.6 Å². The largest absolute Gasteiger partial charge is 0.381 e. The standard InChI is InChI=1S/C14H19F2NO2/c1-2-3-6-19-7-4-5-17-14(18)11-8-12(15)10-13(16)9-11/h8-10H,2-7H2,1H3,(H,17,18). The van der Waals surface area contributed by atoms with Gasteiger partial charge in [-0.2, -0.15) is 0 Å². The van der Waals surface area contributed by atoms with E-state index >= 15 is 0 Å². The third kappa shape index (κ3) is 6.29. The highest BCUT2D eigenvalue weighted by Gasteiger charge is 2.08. The molecule has 0 fully saturated rings. The van der Waals surface area contributed by atoms with Crippen LogP contribution in [0.4, 0.5) is 8.78 Å². The van der Waals surface area contributed by atoms with Crippen molar-refractivity contribution in [2.24, 2.45) is 0 Å². The first kappa shape index (κ1) is 15.6. The van der Waals surface area contributed by atoms with E-state index in [1.165, 1.54) is 0 Å². The topological polar surface area (TPSA) is 38.3 Å². The smallest absolute Gasteiger partial charge is 0.251 e. The number of carbonyl (C=O) groups excluding carboxylic acids is 1. The number of unbranched alkanes of at least 4 members (excludes halogenated alkanes) is 1. The minimum absolute atomic E-state index is 0.00981. The van der Waals surface area contributed by atoms with Gasteiger partial charge in [0, 0.05) is 31.4 Å². The van der Waals surface area contributed by atoms with Gasteiger partial charge in [0.2, 0.25) is 0 Å². The minimum Gasteiger partial charge on any atom is -0.381 e. The maximum absolute atomic E-state index is 12.9. The molecule has 106 valence electrons. The number of rotatable bonds is 8. The van der Waals surface area contributed by atoms with Crippen LogP contribution in [0.15, 0.2) is 18.2 Å². The maximum Gasteiger partial charge on any atom is 0.251 e. The lowest BCUT2D eigenvalue weighted by Crippen LogP contribution is -2.25. The lowest BCUT2D eigenvalue weighted by molar-refractivity contribution is 0.0939. The molecule has 0 bridgehead atoms. The van der Waals surface area contributed by atoms with E-state index in [2.05, 4.69) is 12.2 Å². The highest BCUT2D eigenvalue weighted by molar-refractivity contribution is 5.94. The molecule has 0 heterocycles. The number of amides is 1. The zero-order valence-corrected chi connectivity index (χ0v) is 11.0. The zero-order chi connectivity index (χ0) is 14.1. The predicted molar refractivity (Wildman–Crippen MR) is 69.0 cm³/mol. The number of halogens is 2. The van der Waals surface area contributed by atoms with Crippen LogP contribution in [-0.2, 0) is 4.74 Å². The molecule has 3 nitrogen and oxygen atoms in total. The summed E-state index contributed by atoms with van der Waals surface area (Å²) in [4.78, 5) is 11.6. The second-order valence-electron chi connectivity index (χ2n) is 4.23. The molecule has 0 atom stereocenters. The Morgan fingerprint density at radius 1 is 1.16 bits per heavy atom. The van der Waals surface area contributed by atoms with Crippen LogP contribution in [0, 0.1) is 11.6 Å². The maximum atomic E-state index is 12.9. The first-order chi connectivity index (χ1) is 9.13. The molecule has 0 aliphatic rings. The van der Waals surface area contributed by atoms with Crippen LogP contribution in [-0.4, -0.2) is 25.7 Å². The van der Waals surface area contributed by atoms with Gasteiger partial charge in [0.25, 0.3) is 5.91 Å². The van der Waals surface area contributed by atoms with Crippen LogP contribution in [0.2, 0.25) is 0 Å². The summed E-state index contributed by atoms with van der Waals surface area (Å²) in [6.07, 6.45) is 2.78. The van der Waals surface area contributed by atoms with Gasteiger partial charge in [-0.05, 0) is 25.0 Å². The SMILES string of the molecule is CCCCOCCCNC(=O)c1cc(F)cc(F)c1. The first-order valence-electron chi connectivity index (χ1n) is 6.45. The molecule has 0 saturated heterocycles. The minimum atomic E-state index is -0.756. The summed E-state index contributed by atoms with van der Waals surface area (Å²) in [6, 6.07) is 2.75. The third-order valence-electron chi connectivity index (χ3n) is 2.52. The van der Waals surface area contributed by atoms with Gasteiger partial charge in [-0.1, -0.05) is 13.3 Å². The number of ether oxygens (including phenoxy) is 1. The Labute approximate surface area is 112 Å². The van der Waals surface area contributed by atoms with Crippen LogP contribution in [0.5, 0.6) is 0 Å². The molecule has 19 heavy (non-hydrogen) atoms. The van der Waals surface area contributed by atoms with Gasteiger partial charge in [-0.25, -0.2) is 8.78 Å². The molecule has 0 spiro atoms. The highest BCUT2D eigenvalue weighted by Crippen LogP contribution is 2.07. The Bertz CT molecular complexity index is 390. The zero-order valence-electron chi connectivity index (χ0n) is 11.0. The van der Waals surface area contributed by atoms with Gasteiger partial charge in [0.15, 0.2) is 0 Å². The van der Waals surface area contributed by atoms with Crippen molar-refractivity contribution in [2.45, 2.75) is 26.2 Å². The molecule has 1 amide bonds. The molecule has 1 rings (SSSR count). The molecule has 0 aromatic heterocycles. The van der Waals surface area contributed by atoms with Gasteiger partial charge in [-0.15, -0.1) is 0 Å². The average molecular weight is 271 g/mol. The lowest BCUT2D eigenvalue weighted by atomic mass is 10.2. The van der Waals surface area contributed by atoms with Gasteiger partial charge >= 0.3 is 0 Å². The summed E-state index contributed by atoms with van der Waals surface area (Å²) in [5.41, 5.74) is -0.00981. The quantitative estimate of drug-likeness (QED) is 0.738. The molecule has 0 aliphatic heterocycles. The Kier molecular flexibility index (Phi) is 7.03. The monoisotopic (exact) mass is 271 g/mol. The van der Waals surface area contributed by atoms with E-state index in [-0.39, 0.29) is 5.56 Å². The van der Waals surface area contributed by atoms with Crippen molar-refractivity contribution < 1.29 is 18.3 Å². The van der Waals surface area contributed by atoms with E-state index < -0.39 is 17.5 Å². The van der Waals surface area contributed by atoms with E-state index in [1.54, 1.807) is 0 Å². The number of nitrogens with one attached hydrogen (secondary N) is 1. The second-order valence-corrected chi connectivity index (χ2v) is 4.23. The Hall–Kier alpha value is -1.49. The van der Waals surface area contributed by atoms with E-state index in [1.807, 2.05) is 0 Å². The summed E-state index contributed by atoms with van der Waals surface area (Å²) in [7, 11) is 0. The van der Waals surface area contributed by atoms with Crippen LogP contribution in [0.1, 0.15) is 36.5 Å². The summed E-state index contributed by atoms with van der Waals surface area (Å²) in [5, 5.41) is 2.59. The second kappa shape index (κ2) is 8.58. The van der Waals surface area contributed by atoms with Crippen molar-refractivity contribution in [3.8, 4) is 0 Å². The Morgan fingerprint density at radius 2 is 1.79 bits per heavy atom. The van der Waals surface area contributed by atoms with Crippen LogP contribution < -0.4 is 5.32 Å². The number of hydrogen-bond donors (Lipinski definition) is 1. The fraction of sp³-hybridized carbons (Fsp3) is 0.500. The molecule has 5 heteroatoms. The van der Waals surface area contributed by atoms with Crippen LogP contribution in [0.25, 0.3) is 0 Å². The lowest BCUT2D eigenvalue weighted by Gasteiger charge is -2.06. The fourth-order valence-electron chi connectivity index (χ4n) is 1.51. The molecule has 1 N–H and O–H groups in total. The van der Waals surface area contributed by atoms with Crippen molar-refractivity contribution in [3.05, 3.63) is 35.4 Å². The van der Waals surface area contributed by atoms with Gasteiger partial charge in [0.1, 0.15) is 11.6 Å². The number of benzene rings is 1. The van der Waals surface area contributed by atoms with Crippen molar-refractivity contribution in [2.75, 3.05) is 19.8 Å². The van der Waals surface area contributed by atoms with Gasteiger partial charge in [-0.3, -0.25) is 4.79 Å². The molecular formula is C14H19F2NO2. The molecule has 0 saturated carbocycles. The third-order valence-corrected chi connectivity index (χ3v) is 2.52. The van der Waals surface area contributed by atoms with Crippen molar-refractivity contribution in [1.82, 2.24) is 5.32 Å². The van der Waals surface area contributed by atoms with Crippen molar-refractivity contribution >= 4 is 5.91 Å². The first-order valence-corrected chi connectivity index (χ1v) is 6.45. The number of hydrogen-bond acceptors (Lipinski definition) is 2. The summed E-state index contributed by atoms with van der Waals surface area (Å²) >= 11 is 0. The molecular weight excluding hydrogens is 252 g/mol. The predicted octanol–water partition coefficient (Wildman–Crippen LogP) is 2.90. The van der Waals surface area contributed by atoms with Crippen LogP contribution in [0.3, 0.4) is 0 Å². The Morgan fingerprint density at radius 3 is 2.42 bits per heavy atom. The van der Waals surface area contributed by atoms with E-state index in [9.17, 15) is 13.6 Å². The molecule has 0 radical (unpaired) electrons. The van der Waals surface area contributed by atoms with Gasteiger partial charge in [0.05, 0.1) is 0 Å². The molecule has 1 aromatic carbocycles. The average Bonchev–Trinajstić information content (AvgIpc) is 2.36. The summed E-state index contributed by atoms with van der Waals surface area (Å²) in [6.45, 7) is 3.79. The van der Waals surface area contributed by atoms with E-state index in [0.29, 0.717) is 19.6 Å². The summed E-state index contributed by atoms with van der Waals surface area (Å²) < 4.78 is 31.1. The van der Waals surface area contributed by atoms with E-state index in [4.69, 9.17) is 4.74 Å². The van der Waals surface area contributed by atoms with Crippen LogP contribution >= 0.6 is 0 Å². The molecule has 0 unspecified atom stereocenters. The Balaban J connectivity index is 2.24. The normalized spacial score (nSPS) is 10.5. The summed E-state index contributed by atoms with van der Waals surface area (Å²) in [5.74, 6) is -1.99. The molecule has 0 aliphatic carbocycles. The fourth-order valence-corrected chi connectivity index (χ4v) is 1.51. The highest BCUT2D eigenvalue weighted by atomic mass is 19.1. The number of carbonyl (C=O) groups is 1. The van der Waals surface area contributed by atoms with Crippen molar-refractivity contribution in [1.29, 1.82) is 0 Å². The van der Waals surface area contributed by atoms with Gasteiger partial charge < -0.3 is 10.1 Å². The van der Waals surface area contributed by atoms with Crippen molar-refractivity contribution in [3.63, 3.8) is 0 Å². The molecule has 1 aromatic rings.